The molecule has 0 saturated heterocycles. The van der Waals surface area contributed by atoms with Crippen LogP contribution in [0.2, 0.25) is 10.2 Å². The van der Waals surface area contributed by atoms with E-state index in [0.717, 1.165) is 5.56 Å². The maximum absolute atomic E-state index is 9.59. The maximum atomic E-state index is 9.59. The zero-order valence-corrected chi connectivity index (χ0v) is 15.9. The number of nitrogens with two attached hydrogens (primary N) is 1. The molecule has 2 aromatic heterocycles. The summed E-state index contributed by atoms with van der Waals surface area (Å²) in [6, 6.07) is 6.58. The van der Waals surface area contributed by atoms with Crippen LogP contribution in [0.5, 0.6) is 5.75 Å². The lowest BCUT2D eigenvalue weighted by Crippen LogP contribution is -2.19. The number of hydrogen-bond donors (Lipinski definition) is 3. The first-order valence-corrected chi connectivity index (χ1v) is 8.47. The van der Waals surface area contributed by atoms with E-state index in [4.69, 9.17) is 33.4 Å². The molecule has 0 unspecified atom stereocenters. The number of phenols is 1. The fourth-order valence-electron chi connectivity index (χ4n) is 3.05. The highest BCUT2D eigenvalue weighted by Gasteiger charge is 2.27. The molecule has 136 valence electrons. The molecule has 0 saturated carbocycles. The SMILES string of the molecule is Cc1oc(Cl)c(C)c1-n1c(/C(N)=N/O)c(C)c(Cl)c1-c1ccc(O)cc1. The molecule has 1 aromatic carbocycles. The highest BCUT2D eigenvalue weighted by atomic mass is 35.5. The Bertz CT molecular complexity index is 1020. The number of oxime groups is 1. The molecule has 0 radical (unpaired) electrons. The Balaban J connectivity index is 2.47. The number of hydrogen-bond acceptors (Lipinski definition) is 4. The second-order valence-electron chi connectivity index (χ2n) is 5.91. The van der Waals surface area contributed by atoms with Gasteiger partial charge in [-0.05, 0) is 62.2 Å². The Labute approximate surface area is 160 Å². The zero-order chi connectivity index (χ0) is 19.2. The average Bonchev–Trinajstić information content (AvgIpc) is 3.01. The number of halogens is 2. The quantitative estimate of drug-likeness (QED) is 0.258. The first kappa shape index (κ1) is 18.2. The van der Waals surface area contributed by atoms with Gasteiger partial charge in [-0.1, -0.05) is 16.8 Å². The first-order chi connectivity index (χ1) is 12.3. The molecule has 0 atom stereocenters. The van der Waals surface area contributed by atoms with Crippen LogP contribution < -0.4 is 5.73 Å². The maximum Gasteiger partial charge on any atom is 0.198 e. The Kier molecular flexibility index (Phi) is 4.64. The van der Waals surface area contributed by atoms with Gasteiger partial charge in [-0.3, -0.25) is 0 Å². The second-order valence-corrected chi connectivity index (χ2v) is 6.63. The van der Waals surface area contributed by atoms with E-state index in [-0.39, 0.29) is 16.8 Å². The van der Waals surface area contributed by atoms with Crippen molar-refractivity contribution in [2.45, 2.75) is 20.8 Å². The lowest BCUT2D eigenvalue weighted by molar-refractivity contribution is 0.318. The summed E-state index contributed by atoms with van der Waals surface area (Å²) < 4.78 is 7.31. The first-order valence-electron chi connectivity index (χ1n) is 7.71. The average molecular weight is 394 g/mol. The molecule has 3 rings (SSSR count). The summed E-state index contributed by atoms with van der Waals surface area (Å²) in [6.45, 7) is 5.37. The summed E-state index contributed by atoms with van der Waals surface area (Å²) in [5.41, 5.74) is 9.73. The molecule has 8 heteroatoms. The van der Waals surface area contributed by atoms with Crippen LogP contribution in [0.1, 0.15) is 22.6 Å². The van der Waals surface area contributed by atoms with E-state index in [1.165, 1.54) is 0 Å². The van der Waals surface area contributed by atoms with Crippen molar-refractivity contribution in [1.29, 1.82) is 0 Å². The third-order valence-corrected chi connectivity index (χ3v) is 5.10. The van der Waals surface area contributed by atoms with Gasteiger partial charge in [0.1, 0.15) is 11.5 Å². The molecule has 4 N–H and O–H groups in total. The number of nitrogens with zero attached hydrogens (tertiary/aromatic N) is 2. The van der Waals surface area contributed by atoms with Gasteiger partial charge in [-0.15, -0.1) is 0 Å². The van der Waals surface area contributed by atoms with Crippen LogP contribution >= 0.6 is 23.2 Å². The van der Waals surface area contributed by atoms with E-state index in [0.29, 0.717) is 39.0 Å². The normalized spacial score (nSPS) is 12.0. The predicted molar refractivity (Wildman–Crippen MR) is 102 cm³/mol. The number of aryl methyl sites for hydroxylation is 1. The van der Waals surface area contributed by atoms with Gasteiger partial charge in [0.05, 0.1) is 22.1 Å². The summed E-state index contributed by atoms with van der Waals surface area (Å²) >= 11 is 12.8. The largest absolute Gasteiger partial charge is 0.508 e. The molecule has 2 heterocycles. The highest BCUT2D eigenvalue weighted by Crippen LogP contribution is 2.41. The summed E-state index contributed by atoms with van der Waals surface area (Å²) in [7, 11) is 0. The lowest BCUT2D eigenvalue weighted by Gasteiger charge is -2.14. The van der Waals surface area contributed by atoms with E-state index in [9.17, 15) is 10.3 Å². The van der Waals surface area contributed by atoms with Gasteiger partial charge in [0.2, 0.25) is 0 Å². The third-order valence-electron chi connectivity index (χ3n) is 4.28. The molecule has 0 aliphatic heterocycles. The number of aromatic nitrogens is 1. The molecule has 26 heavy (non-hydrogen) atoms. The van der Waals surface area contributed by atoms with Crippen LogP contribution in [0.4, 0.5) is 0 Å². The molecular weight excluding hydrogens is 377 g/mol. The van der Waals surface area contributed by atoms with Gasteiger partial charge in [0.25, 0.3) is 0 Å². The Morgan fingerprint density at radius 2 is 1.73 bits per heavy atom. The van der Waals surface area contributed by atoms with Crippen LogP contribution in [0.25, 0.3) is 16.9 Å². The zero-order valence-electron chi connectivity index (χ0n) is 14.3. The molecular formula is C18H17Cl2N3O3. The molecule has 0 spiro atoms. The van der Waals surface area contributed by atoms with Crippen molar-refractivity contribution in [3.63, 3.8) is 0 Å². The van der Waals surface area contributed by atoms with Gasteiger partial charge in [-0.2, -0.15) is 0 Å². The van der Waals surface area contributed by atoms with Crippen LogP contribution in [-0.2, 0) is 0 Å². The highest BCUT2D eigenvalue weighted by molar-refractivity contribution is 6.35. The monoisotopic (exact) mass is 393 g/mol. The summed E-state index contributed by atoms with van der Waals surface area (Å²) in [4.78, 5) is 0. The van der Waals surface area contributed by atoms with Crippen LogP contribution in [0, 0.1) is 20.8 Å². The summed E-state index contributed by atoms with van der Waals surface area (Å²) in [5.74, 6) is 0.604. The van der Waals surface area contributed by atoms with Gasteiger partial charge in [0, 0.05) is 11.1 Å². The van der Waals surface area contributed by atoms with Crippen molar-refractivity contribution in [2.75, 3.05) is 0 Å². The lowest BCUT2D eigenvalue weighted by atomic mass is 10.1. The van der Waals surface area contributed by atoms with Crippen molar-refractivity contribution >= 4 is 29.0 Å². The van der Waals surface area contributed by atoms with E-state index in [2.05, 4.69) is 5.16 Å². The molecule has 6 nitrogen and oxygen atoms in total. The second kappa shape index (κ2) is 6.63. The summed E-state index contributed by atoms with van der Waals surface area (Å²) in [5, 5.41) is 22.7. The smallest absolute Gasteiger partial charge is 0.198 e. The molecule has 0 fully saturated rings. The van der Waals surface area contributed by atoms with Crippen LogP contribution in [0.15, 0.2) is 33.8 Å². The number of rotatable bonds is 3. The van der Waals surface area contributed by atoms with Crippen molar-refractivity contribution < 1.29 is 14.7 Å². The molecule has 0 aliphatic carbocycles. The number of amidine groups is 1. The minimum atomic E-state index is -0.0921. The summed E-state index contributed by atoms with van der Waals surface area (Å²) in [6.07, 6.45) is 0. The molecule has 0 amide bonds. The Hall–Kier alpha value is -2.57. The fraction of sp³-hybridized carbons (Fsp3) is 0.167. The Morgan fingerprint density at radius 3 is 2.23 bits per heavy atom. The minimum absolute atomic E-state index is 0.0921. The number of benzene rings is 1. The van der Waals surface area contributed by atoms with Crippen LogP contribution in [0.3, 0.4) is 0 Å². The topological polar surface area (TPSA) is 96.9 Å². The standard InChI is InChI=1S/C18H17Cl2N3O3/c1-8-13(19)16(11-4-6-12(24)7-5-11)23(15(8)18(21)22-25)14-9(2)17(20)26-10(14)3/h4-7,24-25H,1-3H3,(H2,21,22). The molecule has 0 aliphatic rings. The van der Waals surface area contributed by atoms with E-state index >= 15 is 0 Å². The fourth-order valence-corrected chi connectivity index (χ4v) is 3.54. The molecule has 0 bridgehead atoms. The van der Waals surface area contributed by atoms with Crippen LogP contribution in [-0.4, -0.2) is 20.7 Å². The number of aromatic hydroxyl groups is 1. The van der Waals surface area contributed by atoms with Gasteiger partial charge in [0.15, 0.2) is 11.1 Å². The van der Waals surface area contributed by atoms with Crippen molar-refractivity contribution in [3.05, 3.63) is 57.1 Å². The number of furan rings is 1. The van der Waals surface area contributed by atoms with Gasteiger partial charge < -0.3 is 25.0 Å². The van der Waals surface area contributed by atoms with E-state index < -0.39 is 0 Å². The van der Waals surface area contributed by atoms with E-state index in [1.807, 2.05) is 6.92 Å². The van der Waals surface area contributed by atoms with Crippen molar-refractivity contribution in [3.8, 4) is 22.7 Å². The Morgan fingerprint density at radius 1 is 1.12 bits per heavy atom. The molecule has 3 aromatic rings. The van der Waals surface area contributed by atoms with Gasteiger partial charge in [-0.25, -0.2) is 0 Å². The predicted octanol–water partition coefficient (Wildman–Crippen LogP) is 4.77. The number of phenolic OH excluding ortho intramolecular Hbond substituents is 1. The van der Waals surface area contributed by atoms with Crippen molar-refractivity contribution in [2.24, 2.45) is 10.9 Å². The van der Waals surface area contributed by atoms with Gasteiger partial charge >= 0.3 is 0 Å². The third kappa shape index (κ3) is 2.71. The van der Waals surface area contributed by atoms with E-state index in [1.54, 1.807) is 42.7 Å². The van der Waals surface area contributed by atoms with Crippen molar-refractivity contribution in [1.82, 2.24) is 4.57 Å². The minimum Gasteiger partial charge on any atom is -0.508 e.